The van der Waals surface area contributed by atoms with E-state index in [9.17, 15) is 9.90 Å². The molecule has 0 radical (unpaired) electrons. The molecular weight excluding hydrogens is 391 g/mol. The molecule has 1 aromatic heterocycles. The molecular formula is C18H11ClN2O2Se. The first-order valence-corrected chi connectivity index (χ1v) is 9.07. The summed E-state index contributed by atoms with van der Waals surface area (Å²) >= 11 is 5.56. The van der Waals surface area contributed by atoms with Crippen molar-refractivity contribution >= 4 is 37.8 Å². The van der Waals surface area contributed by atoms with E-state index in [1.165, 1.54) is 0 Å². The summed E-state index contributed by atoms with van der Waals surface area (Å²) in [4.78, 5) is 19.2. The number of aromatic carboxylic acids is 1. The summed E-state index contributed by atoms with van der Waals surface area (Å²) in [6, 6.07) is 12.9. The molecule has 0 unspecified atom stereocenters. The SMILES string of the molecule is [C-]#[N+]c1cc(-c2nc(C)c(C(=O)O)[se]2)ccc1-c1ccc(Cl)cc1. The number of carbonyl (C=O) groups is 1. The van der Waals surface area contributed by atoms with Gasteiger partial charge in [-0.1, -0.05) is 0 Å². The Hall–Kier alpha value is -2.38. The number of hydrogen-bond donors (Lipinski definition) is 1. The Kier molecular flexibility index (Phi) is 4.55. The van der Waals surface area contributed by atoms with Crippen molar-refractivity contribution in [2.45, 2.75) is 6.92 Å². The van der Waals surface area contributed by atoms with Gasteiger partial charge >= 0.3 is 150 Å². The Bertz CT molecular complexity index is 972. The molecule has 1 heterocycles. The van der Waals surface area contributed by atoms with Crippen molar-refractivity contribution in [3.63, 3.8) is 0 Å². The average Bonchev–Trinajstić information content (AvgIpc) is 2.97. The van der Waals surface area contributed by atoms with Crippen LogP contribution in [-0.4, -0.2) is 30.6 Å². The van der Waals surface area contributed by atoms with Crippen molar-refractivity contribution in [1.29, 1.82) is 0 Å². The Labute approximate surface area is 149 Å². The summed E-state index contributed by atoms with van der Waals surface area (Å²) in [5.74, 6) is -0.922. The summed E-state index contributed by atoms with van der Waals surface area (Å²) in [6.07, 6.45) is 0. The van der Waals surface area contributed by atoms with Gasteiger partial charge in [-0.05, 0) is 0 Å². The van der Waals surface area contributed by atoms with Gasteiger partial charge in [0.15, 0.2) is 0 Å². The Balaban J connectivity index is 2.07. The molecule has 0 fully saturated rings. The zero-order valence-corrected chi connectivity index (χ0v) is 15.0. The van der Waals surface area contributed by atoms with Crippen LogP contribution in [0.25, 0.3) is 26.1 Å². The molecule has 2 aromatic carbocycles. The zero-order valence-electron chi connectivity index (χ0n) is 12.6. The summed E-state index contributed by atoms with van der Waals surface area (Å²) in [7, 11) is 0. The van der Waals surface area contributed by atoms with E-state index in [0.29, 0.717) is 20.8 Å². The predicted molar refractivity (Wildman–Crippen MR) is 95.0 cm³/mol. The zero-order chi connectivity index (χ0) is 17.3. The monoisotopic (exact) mass is 402 g/mol. The van der Waals surface area contributed by atoms with Crippen molar-refractivity contribution in [2.24, 2.45) is 0 Å². The molecule has 0 bridgehead atoms. The number of carboxylic acids is 1. The van der Waals surface area contributed by atoms with E-state index in [1.54, 1.807) is 25.1 Å². The minimum absolute atomic E-state index is 0.350. The molecule has 24 heavy (non-hydrogen) atoms. The van der Waals surface area contributed by atoms with Crippen molar-refractivity contribution in [2.75, 3.05) is 0 Å². The average molecular weight is 402 g/mol. The Morgan fingerprint density at radius 1 is 1.21 bits per heavy atom. The molecule has 4 nitrogen and oxygen atoms in total. The number of carboxylic acid groups (broad SMARTS) is 1. The van der Waals surface area contributed by atoms with Gasteiger partial charge < -0.3 is 0 Å². The van der Waals surface area contributed by atoms with E-state index in [2.05, 4.69) is 9.83 Å². The van der Waals surface area contributed by atoms with Gasteiger partial charge in [-0.3, -0.25) is 0 Å². The quantitative estimate of drug-likeness (QED) is 0.512. The van der Waals surface area contributed by atoms with Crippen LogP contribution in [0.4, 0.5) is 5.69 Å². The third-order valence-corrected chi connectivity index (χ3v) is 6.27. The van der Waals surface area contributed by atoms with E-state index < -0.39 is 5.97 Å². The fourth-order valence-electron chi connectivity index (χ4n) is 2.35. The van der Waals surface area contributed by atoms with Gasteiger partial charge in [-0.25, -0.2) is 0 Å². The number of halogens is 1. The van der Waals surface area contributed by atoms with Crippen molar-refractivity contribution in [1.82, 2.24) is 4.98 Å². The molecule has 3 rings (SSSR count). The van der Waals surface area contributed by atoms with Gasteiger partial charge in [0.25, 0.3) is 0 Å². The molecule has 0 aliphatic heterocycles. The van der Waals surface area contributed by atoms with Crippen LogP contribution in [0, 0.1) is 13.5 Å². The second kappa shape index (κ2) is 6.62. The molecule has 0 aliphatic carbocycles. The predicted octanol–water partition coefficient (Wildman–Crippen LogP) is 4.68. The first-order valence-electron chi connectivity index (χ1n) is 6.98. The Morgan fingerprint density at radius 2 is 1.88 bits per heavy atom. The Morgan fingerprint density at radius 3 is 2.46 bits per heavy atom. The van der Waals surface area contributed by atoms with E-state index in [-0.39, 0.29) is 14.5 Å². The van der Waals surface area contributed by atoms with Crippen LogP contribution in [0.5, 0.6) is 0 Å². The number of rotatable bonds is 3. The molecule has 6 heteroatoms. The maximum atomic E-state index is 11.2. The fraction of sp³-hybridized carbons (Fsp3) is 0.0556. The fourth-order valence-corrected chi connectivity index (χ4v) is 4.37. The van der Waals surface area contributed by atoms with Crippen LogP contribution in [0.2, 0.25) is 5.02 Å². The summed E-state index contributed by atoms with van der Waals surface area (Å²) in [5.41, 5.74) is 3.59. The van der Waals surface area contributed by atoms with E-state index in [4.69, 9.17) is 18.2 Å². The second-order valence-corrected chi connectivity index (χ2v) is 7.62. The molecule has 0 amide bonds. The molecule has 3 aromatic rings. The molecule has 1 N–H and O–H groups in total. The second-order valence-electron chi connectivity index (χ2n) is 5.09. The third-order valence-electron chi connectivity index (χ3n) is 3.51. The molecule has 118 valence electrons. The molecule has 0 aliphatic rings. The third kappa shape index (κ3) is 3.13. The van der Waals surface area contributed by atoms with Gasteiger partial charge in [-0.15, -0.1) is 0 Å². The van der Waals surface area contributed by atoms with Gasteiger partial charge in [0.2, 0.25) is 0 Å². The number of hydrogen-bond acceptors (Lipinski definition) is 2. The standard InChI is InChI=1S/C18H11ClN2O2Se/c1-10-16(18(22)23)24-17(21-10)12-5-8-14(15(9-12)20-2)11-3-6-13(19)7-4-11/h3-9H,1H3,(H,22,23). The summed E-state index contributed by atoms with van der Waals surface area (Å²) < 4.78 is 1.11. The number of aryl methyl sites for hydroxylation is 1. The van der Waals surface area contributed by atoms with Gasteiger partial charge in [0, 0.05) is 0 Å². The summed E-state index contributed by atoms with van der Waals surface area (Å²) in [6.45, 7) is 9.16. The van der Waals surface area contributed by atoms with Crippen molar-refractivity contribution < 1.29 is 9.90 Å². The van der Waals surface area contributed by atoms with E-state index in [0.717, 1.165) is 21.3 Å². The van der Waals surface area contributed by atoms with Crippen LogP contribution < -0.4 is 0 Å². The van der Waals surface area contributed by atoms with Gasteiger partial charge in [-0.2, -0.15) is 0 Å². The topological polar surface area (TPSA) is 54.5 Å². The molecule has 0 saturated heterocycles. The maximum absolute atomic E-state index is 11.2. The van der Waals surface area contributed by atoms with Gasteiger partial charge in [0.05, 0.1) is 0 Å². The van der Waals surface area contributed by atoms with Crippen LogP contribution in [0.1, 0.15) is 14.9 Å². The van der Waals surface area contributed by atoms with E-state index >= 15 is 0 Å². The van der Waals surface area contributed by atoms with Crippen LogP contribution >= 0.6 is 11.6 Å². The first-order chi connectivity index (χ1) is 11.5. The van der Waals surface area contributed by atoms with Crippen molar-refractivity contribution in [3.05, 3.63) is 69.0 Å². The van der Waals surface area contributed by atoms with E-state index in [1.807, 2.05) is 24.3 Å². The normalized spacial score (nSPS) is 10.4. The molecule has 0 saturated carbocycles. The summed E-state index contributed by atoms with van der Waals surface area (Å²) in [5, 5.41) is 9.83. The number of nitrogens with zero attached hydrogens (tertiary/aromatic N) is 2. The van der Waals surface area contributed by atoms with Crippen LogP contribution in [0.15, 0.2) is 42.5 Å². The number of benzene rings is 2. The molecule has 0 atom stereocenters. The number of aromatic nitrogens is 1. The van der Waals surface area contributed by atoms with Crippen molar-refractivity contribution in [3.8, 4) is 21.3 Å². The molecule has 0 spiro atoms. The minimum atomic E-state index is -0.922. The first kappa shape index (κ1) is 16.5. The van der Waals surface area contributed by atoms with Crippen LogP contribution in [-0.2, 0) is 0 Å². The van der Waals surface area contributed by atoms with Crippen LogP contribution in [0.3, 0.4) is 0 Å². The van der Waals surface area contributed by atoms with Gasteiger partial charge in [0.1, 0.15) is 0 Å².